The van der Waals surface area contributed by atoms with Crippen molar-refractivity contribution >= 4 is 11.9 Å². The predicted octanol–water partition coefficient (Wildman–Crippen LogP) is 5.56. The fraction of sp³-hybridized carbons (Fsp3) is 0.476. The molecule has 0 N–H and O–H groups in total. The smallest absolute Gasteiger partial charge is 0.377 e. The van der Waals surface area contributed by atoms with Crippen LogP contribution in [0.1, 0.15) is 45.2 Å². The second-order valence-electron chi connectivity index (χ2n) is 7.88. The number of allylic oxidation sites excluding steroid dienone is 2. The fourth-order valence-electron chi connectivity index (χ4n) is 3.03. The largest absolute Gasteiger partial charge is 0.416 e. The van der Waals surface area contributed by atoms with Gasteiger partial charge in [0.05, 0.1) is 5.56 Å². The summed E-state index contributed by atoms with van der Waals surface area (Å²) in [5.41, 5.74) is 0.406. The number of benzene rings is 1. The Balaban J connectivity index is 2.16. The molecule has 1 aromatic carbocycles. The van der Waals surface area contributed by atoms with Crippen LogP contribution in [0, 0.1) is 11.3 Å². The molecule has 142 valence electrons. The van der Waals surface area contributed by atoms with Crippen molar-refractivity contribution in [3.63, 3.8) is 0 Å². The van der Waals surface area contributed by atoms with Crippen molar-refractivity contribution in [2.75, 3.05) is 13.1 Å². The summed E-state index contributed by atoms with van der Waals surface area (Å²) in [4.78, 5) is 14.9. The molecule has 0 saturated heterocycles. The number of carbonyl (C=O) groups is 1. The molecule has 0 aliphatic carbocycles. The molecule has 0 spiro atoms. The highest BCUT2D eigenvalue weighted by Crippen LogP contribution is 2.35. The van der Waals surface area contributed by atoms with Gasteiger partial charge in [-0.2, -0.15) is 13.2 Å². The Hall–Kier alpha value is -2.04. The molecule has 0 atom stereocenters. The first-order valence-electron chi connectivity index (χ1n) is 8.85. The van der Waals surface area contributed by atoms with Gasteiger partial charge in [-0.05, 0) is 41.5 Å². The molecule has 0 fully saturated rings. The van der Waals surface area contributed by atoms with Crippen LogP contribution in [-0.2, 0) is 11.0 Å². The van der Waals surface area contributed by atoms with Crippen molar-refractivity contribution < 1.29 is 18.0 Å². The van der Waals surface area contributed by atoms with Crippen LogP contribution in [0.4, 0.5) is 13.2 Å². The van der Waals surface area contributed by atoms with Gasteiger partial charge in [0.1, 0.15) is 0 Å². The maximum absolute atomic E-state index is 12.7. The molecule has 0 amide bonds. The Morgan fingerprint density at radius 3 is 2.38 bits per heavy atom. The van der Waals surface area contributed by atoms with E-state index in [1.165, 1.54) is 18.2 Å². The first kappa shape index (κ1) is 20.3. The van der Waals surface area contributed by atoms with Gasteiger partial charge in [0.2, 0.25) is 0 Å². The molecule has 1 heterocycles. The molecule has 1 aliphatic heterocycles. The van der Waals surface area contributed by atoms with Gasteiger partial charge in [-0.3, -0.25) is 4.79 Å². The normalized spacial score (nSPS) is 17.7. The molecule has 2 rings (SSSR count). The number of ketones is 1. The van der Waals surface area contributed by atoms with E-state index in [-0.39, 0.29) is 11.2 Å². The standard InChI is InChI=1S/C21H26F3NO/c1-15(2)13-25-12-11-20(3,4)18(14-25)19(26)10-7-16-5-8-17(9-6-16)21(22,23)24/h5-10,14-15H,11-13H2,1-4H3. The maximum atomic E-state index is 12.7. The summed E-state index contributed by atoms with van der Waals surface area (Å²) in [6, 6.07) is 4.80. The zero-order valence-electron chi connectivity index (χ0n) is 15.7. The van der Waals surface area contributed by atoms with E-state index in [1.54, 1.807) is 6.08 Å². The van der Waals surface area contributed by atoms with E-state index in [4.69, 9.17) is 0 Å². The molecule has 0 aromatic heterocycles. The predicted molar refractivity (Wildman–Crippen MR) is 98.4 cm³/mol. The molecule has 2 nitrogen and oxygen atoms in total. The number of hydrogen-bond acceptors (Lipinski definition) is 2. The Bertz CT molecular complexity index is 697. The maximum Gasteiger partial charge on any atom is 0.416 e. The van der Waals surface area contributed by atoms with Gasteiger partial charge in [0.25, 0.3) is 0 Å². The van der Waals surface area contributed by atoms with E-state index in [0.29, 0.717) is 11.5 Å². The number of hydrogen-bond donors (Lipinski definition) is 0. The topological polar surface area (TPSA) is 20.3 Å². The summed E-state index contributed by atoms with van der Waals surface area (Å²) in [6.07, 6.45) is 1.51. The lowest BCUT2D eigenvalue weighted by atomic mass is 9.77. The van der Waals surface area contributed by atoms with Crippen molar-refractivity contribution in [1.82, 2.24) is 4.90 Å². The van der Waals surface area contributed by atoms with Crippen LogP contribution in [0.15, 0.2) is 42.1 Å². The minimum absolute atomic E-state index is 0.0941. The summed E-state index contributed by atoms with van der Waals surface area (Å²) in [5, 5.41) is 0. The summed E-state index contributed by atoms with van der Waals surface area (Å²) in [6.45, 7) is 10.2. The number of carbonyl (C=O) groups excluding carboxylic acids is 1. The van der Waals surface area contributed by atoms with Crippen LogP contribution in [0.3, 0.4) is 0 Å². The van der Waals surface area contributed by atoms with Gasteiger partial charge in [0.15, 0.2) is 5.78 Å². The molecule has 0 unspecified atom stereocenters. The average molecular weight is 365 g/mol. The first-order chi connectivity index (χ1) is 12.0. The third-order valence-electron chi connectivity index (χ3n) is 4.60. The molecular formula is C21H26F3NO. The lowest BCUT2D eigenvalue weighted by molar-refractivity contribution is -0.137. The van der Waals surface area contributed by atoms with Gasteiger partial charge in [0, 0.05) is 24.9 Å². The van der Waals surface area contributed by atoms with Crippen molar-refractivity contribution in [1.29, 1.82) is 0 Å². The highest BCUT2D eigenvalue weighted by Gasteiger charge is 2.32. The van der Waals surface area contributed by atoms with Crippen LogP contribution in [0.25, 0.3) is 6.08 Å². The van der Waals surface area contributed by atoms with Crippen molar-refractivity contribution in [3.8, 4) is 0 Å². The highest BCUT2D eigenvalue weighted by atomic mass is 19.4. The van der Waals surface area contributed by atoms with Crippen LogP contribution in [0.5, 0.6) is 0 Å². The summed E-state index contributed by atoms with van der Waals surface area (Å²) in [7, 11) is 0. The SMILES string of the molecule is CC(C)CN1C=C(C(=O)C=Cc2ccc(C(F)(F)F)cc2)C(C)(C)CC1. The van der Waals surface area contributed by atoms with Gasteiger partial charge < -0.3 is 4.90 Å². The molecular weight excluding hydrogens is 339 g/mol. The fourth-order valence-corrected chi connectivity index (χ4v) is 3.03. The molecule has 5 heteroatoms. The number of halogens is 3. The molecule has 1 aromatic rings. The summed E-state index contributed by atoms with van der Waals surface area (Å²) >= 11 is 0. The van der Waals surface area contributed by atoms with E-state index < -0.39 is 11.7 Å². The van der Waals surface area contributed by atoms with Crippen LogP contribution < -0.4 is 0 Å². The van der Waals surface area contributed by atoms with Crippen LogP contribution in [-0.4, -0.2) is 23.8 Å². The quantitative estimate of drug-likeness (QED) is 0.637. The Morgan fingerprint density at radius 2 is 1.85 bits per heavy atom. The number of nitrogens with zero attached hydrogens (tertiary/aromatic N) is 1. The Kier molecular flexibility index (Phi) is 5.99. The van der Waals surface area contributed by atoms with Crippen molar-refractivity contribution in [2.24, 2.45) is 11.3 Å². The van der Waals surface area contributed by atoms with Gasteiger partial charge in [-0.15, -0.1) is 0 Å². The number of rotatable bonds is 5. The molecule has 0 saturated carbocycles. The van der Waals surface area contributed by atoms with Crippen molar-refractivity contribution in [2.45, 2.75) is 40.3 Å². The first-order valence-corrected chi connectivity index (χ1v) is 8.85. The average Bonchev–Trinajstić information content (AvgIpc) is 2.53. The van der Waals surface area contributed by atoms with E-state index in [0.717, 1.165) is 37.2 Å². The van der Waals surface area contributed by atoms with Crippen molar-refractivity contribution in [3.05, 3.63) is 53.2 Å². The van der Waals surface area contributed by atoms with Crippen LogP contribution >= 0.6 is 0 Å². The molecule has 0 radical (unpaired) electrons. The van der Waals surface area contributed by atoms with E-state index in [2.05, 4.69) is 32.6 Å². The molecule has 26 heavy (non-hydrogen) atoms. The lowest BCUT2D eigenvalue weighted by Crippen LogP contribution is -2.36. The minimum atomic E-state index is -4.35. The van der Waals surface area contributed by atoms with E-state index in [1.807, 2.05) is 6.20 Å². The third kappa shape index (κ3) is 5.23. The second kappa shape index (κ2) is 7.68. The van der Waals surface area contributed by atoms with Crippen LogP contribution in [0.2, 0.25) is 0 Å². The van der Waals surface area contributed by atoms with Gasteiger partial charge >= 0.3 is 6.18 Å². The highest BCUT2D eigenvalue weighted by molar-refractivity contribution is 6.07. The number of alkyl halides is 3. The van der Waals surface area contributed by atoms with E-state index >= 15 is 0 Å². The van der Waals surface area contributed by atoms with E-state index in [9.17, 15) is 18.0 Å². The molecule has 0 bridgehead atoms. The molecule has 1 aliphatic rings. The third-order valence-corrected chi connectivity index (χ3v) is 4.60. The monoisotopic (exact) mass is 365 g/mol. The summed E-state index contributed by atoms with van der Waals surface area (Å²) in [5.74, 6) is 0.412. The second-order valence-corrected chi connectivity index (χ2v) is 7.88. The zero-order valence-corrected chi connectivity index (χ0v) is 15.7. The zero-order chi connectivity index (χ0) is 19.5. The lowest BCUT2D eigenvalue weighted by Gasteiger charge is -2.37. The Morgan fingerprint density at radius 1 is 1.23 bits per heavy atom. The van der Waals surface area contributed by atoms with Gasteiger partial charge in [-0.1, -0.05) is 45.9 Å². The minimum Gasteiger partial charge on any atom is -0.377 e. The Labute approximate surface area is 153 Å². The van der Waals surface area contributed by atoms with Gasteiger partial charge in [-0.25, -0.2) is 0 Å². The summed E-state index contributed by atoms with van der Waals surface area (Å²) < 4.78 is 37.8.